The van der Waals surface area contributed by atoms with Crippen LogP contribution < -0.4 is 15.4 Å². The molecule has 0 spiro atoms. The van der Waals surface area contributed by atoms with Crippen LogP contribution in [0.4, 0.5) is 8.78 Å². The Hall–Kier alpha value is -3.74. The monoisotopic (exact) mass is 452 g/mol. The Bertz CT molecular complexity index is 1080. The molecule has 0 bridgehead atoms. The van der Waals surface area contributed by atoms with Crippen molar-refractivity contribution in [2.24, 2.45) is 5.92 Å². The Morgan fingerprint density at radius 2 is 1.52 bits per heavy atom. The standard InChI is InChI=1S/C26H26F2N2O3/c1-17(2)24(30-25(31)23-21(27)12-7-13-22(23)28)26(32)29-15-18-8-6-9-19(14-18)16-33-20-10-4-3-5-11-20/h3-14,17,24H,15-16H2,1-2H3,(H,29,32)(H,30,31). The van der Waals surface area contributed by atoms with Gasteiger partial charge in [-0.05, 0) is 41.3 Å². The summed E-state index contributed by atoms with van der Waals surface area (Å²) in [7, 11) is 0. The summed E-state index contributed by atoms with van der Waals surface area (Å²) in [6.45, 7) is 4.09. The van der Waals surface area contributed by atoms with Crippen molar-refractivity contribution in [1.29, 1.82) is 0 Å². The molecule has 2 amide bonds. The topological polar surface area (TPSA) is 67.4 Å². The predicted octanol–water partition coefficient (Wildman–Crippen LogP) is 4.61. The number of carbonyl (C=O) groups is 2. The van der Waals surface area contributed by atoms with E-state index in [-0.39, 0.29) is 12.5 Å². The van der Waals surface area contributed by atoms with Gasteiger partial charge in [0.25, 0.3) is 5.91 Å². The number of nitrogens with one attached hydrogen (secondary N) is 2. The first-order valence-corrected chi connectivity index (χ1v) is 10.6. The maximum atomic E-state index is 13.9. The minimum Gasteiger partial charge on any atom is -0.489 e. The second kappa shape index (κ2) is 11.2. The van der Waals surface area contributed by atoms with Crippen molar-refractivity contribution < 1.29 is 23.1 Å². The molecule has 0 aliphatic heterocycles. The van der Waals surface area contributed by atoms with Gasteiger partial charge >= 0.3 is 0 Å². The molecule has 3 rings (SSSR count). The van der Waals surface area contributed by atoms with E-state index in [0.29, 0.717) is 6.61 Å². The Kier molecular flexibility index (Phi) is 8.13. The van der Waals surface area contributed by atoms with Crippen LogP contribution in [0, 0.1) is 17.6 Å². The van der Waals surface area contributed by atoms with Gasteiger partial charge in [-0.25, -0.2) is 8.78 Å². The summed E-state index contributed by atoms with van der Waals surface area (Å²) in [5.41, 5.74) is 1.09. The van der Waals surface area contributed by atoms with Crippen molar-refractivity contribution in [3.05, 3.63) is 101 Å². The molecule has 3 aromatic carbocycles. The van der Waals surface area contributed by atoms with E-state index in [0.717, 1.165) is 29.0 Å². The van der Waals surface area contributed by atoms with Gasteiger partial charge in [-0.3, -0.25) is 9.59 Å². The summed E-state index contributed by atoms with van der Waals surface area (Å²) in [5.74, 6) is -2.91. The molecule has 172 valence electrons. The number of hydrogen-bond donors (Lipinski definition) is 2. The maximum Gasteiger partial charge on any atom is 0.257 e. The van der Waals surface area contributed by atoms with Gasteiger partial charge in [0.15, 0.2) is 0 Å². The second-order valence-electron chi connectivity index (χ2n) is 7.93. The number of rotatable bonds is 9. The van der Waals surface area contributed by atoms with Crippen molar-refractivity contribution in [3.63, 3.8) is 0 Å². The zero-order valence-electron chi connectivity index (χ0n) is 18.5. The molecule has 0 aliphatic carbocycles. The Morgan fingerprint density at radius 3 is 2.18 bits per heavy atom. The van der Waals surface area contributed by atoms with Gasteiger partial charge in [-0.15, -0.1) is 0 Å². The fourth-order valence-corrected chi connectivity index (χ4v) is 3.28. The van der Waals surface area contributed by atoms with E-state index in [1.165, 1.54) is 6.07 Å². The first-order chi connectivity index (χ1) is 15.8. The van der Waals surface area contributed by atoms with Gasteiger partial charge < -0.3 is 15.4 Å². The molecule has 5 nitrogen and oxygen atoms in total. The fraction of sp³-hybridized carbons (Fsp3) is 0.231. The first kappa shape index (κ1) is 23.9. The molecular formula is C26H26F2N2O3. The average molecular weight is 453 g/mol. The highest BCUT2D eigenvalue weighted by Crippen LogP contribution is 2.15. The van der Waals surface area contributed by atoms with E-state index in [1.807, 2.05) is 54.6 Å². The number of benzene rings is 3. The summed E-state index contributed by atoms with van der Waals surface area (Å²) in [5, 5.41) is 5.23. The third kappa shape index (κ3) is 6.62. The van der Waals surface area contributed by atoms with Crippen LogP contribution in [-0.2, 0) is 17.9 Å². The average Bonchev–Trinajstić information content (AvgIpc) is 2.80. The lowest BCUT2D eigenvalue weighted by Crippen LogP contribution is -2.49. The number of halogens is 2. The summed E-state index contributed by atoms with van der Waals surface area (Å²) in [6, 6.07) is 19.2. The van der Waals surface area contributed by atoms with E-state index >= 15 is 0 Å². The number of hydrogen-bond acceptors (Lipinski definition) is 3. The van der Waals surface area contributed by atoms with E-state index in [9.17, 15) is 18.4 Å². The Balaban J connectivity index is 1.60. The second-order valence-corrected chi connectivity index (χ2v) is 7.93. The SMILES string of the molecule is CC(C)C(NC(=O)c1c(F)cccc1F)C(=O)NCc1cccc(COc2ccccc2)c1. The lowest BCUT2D eigenvalue weighted by molar-refractivity contribution is -0.124. The highest BCUT2D eigenvalue weighted by molar-refractivity contribution is 5.98. The normalized spacial score (nSPS) is 11.7. The molecule has 0 fully saturated rings. The number of ether oxygens (including phenoxy) is 1. The summed E-state index contributed by atoms with van der Waals surface area (Å²) >= 11 is 0. The molecule has 0 saturated heterocycles. The first-order valence-electron chi connectivity index (χ1n) is 10.6. The number of amides is 2. The molecule has 0 aliphatic rings. The largest absolute Gasteiger partial charge is 0.489 e. The van der Waals surface area contributed by atoms with Crippen LogP contribution in [0.25, 0.3) is 0 Å². The van der Waals surface area contributed by atoms with Gasteiger partial charge in [-0.2, -0.15) is 0 Å². The summed E-state index contributed by atoms with van der Waals surface area (Å²) < 4.78 is 33.6. The number of carbonyl (C=O) groups excluding carboxylic acids is 2. The van der Waals surface area contributed by atoms with Gasteiger partial charge in [0, 0.05) is 6.54 Å². The van der Waals surface area contributed by atoms with Crippen LogP contribution in [-0.4, -0.2) is 17.9 Å². The third-order valence-electron chi connectivity index (χ3n) is 5.03. The van der Waals surface area contributed by atoms with Crippen molar-refractivity contribution in [2.75, 3.05) is 0 Å². The maximum absolute atomic E-state index is 13.9. The van der Waals surface area contributed by atoms with Crippen molar-refractivity contribution in [2.45, 2.75) is 33.0 Å². The van der Waals surface area contributed by atoms with E-state index < -0.39 is 35.1 Å². The van der Waals surface area contributed by atoms with Crippen molar-refractivity contribution in [1.82, 2.24) is 10.6 Å². The van der Waals surface area contributed by atoms with Gasteiger partial charge in [0.2, 0.25) is 5.91 Å². The fourth-order valence-electron chi connectivity index (χ4n) is 3.28. The Labute approximate surface area is 191 Å². The summed E-state index contributed by atoms with van der Waals surface area (Å²) in [4.78, 5) is 25.2. The minimum absolute atomic E-state index is 0.227. The summed E-state index contributed by atoms with van der Waals surface area (Å²) in [6.07, 6.45) is 0. The van der Waals surface area contributed by atoms with Gasteiger partial charge in [-0.1, -0.05) is 62.4 Å². The third-order valence-corrected chi connectivity index (χ3v) is 5.03. The van der Waals surface area contributed by atoms with Crippen molar-refractivity contribution in [3.8, 4) is 5.75 Å². The lowest BCUT2D eigenvalue weighted by Gasteiger charge is -2.22. The van der Waals surface area contributed by atoms with Crippen LogP contribution in [0.3, 0.4) is 0 Å². The Morgan fingerprint density at radius 1 is 0.879 bits per heavy atom. The molecule has 1 atom stereocenters. The molecule has 7 heteroatoms. The molecule has 0 aromatic heterocycles. The van der Waals surface area contributed by atoms with E-state index in [2.05, 4.69) is 10.6 Å². The molecule has 33 heavy (non-hydrogen) atoms. The van der Waals surface area contributed by atoms with Crippen molar-refractivity contribution >= 4 is 11.8 Å². The molecule has 0 saturated carbocycles. The molecule has 3 aromatic rings. The van der Waals surface area contributed by atoms with Crippen LogP contribution in [0.1, 0.15) is 35.3 Å². The van der Waals surface area contributed by atoms with Crippen LogP contribution >= 0.6 is 0 Å². The van der Waals surface area contributed by atoms with Crippen LogP contribution in [0.2, 0.25) is 0 Å². The van der Waals surface area contributed by atoms with E-state index in [4.69, 9.17) is 4.74 Å². The van der Waals surface area contributed by atoms with Gasteiger partial charge in [0.1, 0.15) is 35.6 Å². The minimum atomic E-state index is -0.982. The highest BCUT2D eigenvalue weighted by Gasteiger charge is 2.27. The molecule has 2 N–H and O–H groups in total. The molecular weight excluding hydrogens is 426 g/mol. The molecule has 0 heterocycles. The zero-order chi connectivity index (χ0) is 23.8. The van der Waals surface area contributed by atoms with E-state index in [1.54, 1.807) is 13.8 Å². The van der Waals surface area contributed by atoms with Crippen LogP contribution in [0.5, 0.6) is 5.75 Å². The zero-order valence-corrected chi connectivity index (χ0v) is 18.5. The predicted molar refractivity (Wildman–Crippen MR) is 122 cm³/mol. The lowest BCUT2D eigenvalue weighted by atomic mass is 10.0. The molecule has 1 unspecified atom stereocenters. The number of para-hydroxylation sites is 1. The van der Waals surface area contributed by atoms with Crippen LogP contribution in [0.15, 0.2) is 72.8 Å². The quantitative estimate of drug-likeness (QED) is 0.498. The smallest absolute Gasteiger partial charge is 0.257 e. The molecule has 0 radical (unpaired) electrons. The highest BCUT2D eigenvalue weighted by atomic mass is 19.1. The van der Waals surface area contributed by atoms with Gasteiger partial charge in [0.05, 0.1) is 0 Å².